The number of rotatable bonds is 5. The van der Waals surface area contributed by atoms with Crippen molar-refractivity contribution in [2.45, 2.75) is 45.9 Å². The topological polar surface area (TPSA) is 84.2 Å². The molecule has 114 valence electrons. The fraction of sp³-hybridized carbons (Fsp3) is 0.769. The van der Waals surface area contributed by atoms with Crippen molar-refractivity contribution in [1.82, 2.24) is 15.1 Å². The van der Waals surface area contributed by atoms with Crippen LogP contribution in [-0.2, 0) is 16.4 Å². The van der Waals surface area contributed by atoms with Crippen molar-refractivity contribution in [1.29, 1.82) is 0 Å². The Kier molecular flexibility index (Phi) is 4.51. The molecule has 2 N–H and O–H groups in total. The van der Waals surface area contributed by atoms with Crippen LogP contribution in [0.25, 0.3) is 0 Å². The first-order valence-corrected chi connectivity index (χ1v) is 8.76. The molecule has 1 aliphatic heterocycles. The van der Waals surface area contributed by atoms with Gasteiger partial charge in [0.1, 0.15) is 0 Å². The van der Waals surface area contributed by atoms with Crippen molar-refractivity contribution in [2.75, 3.05) is 18.1 Å². The molecule has 2 atom stereocenters. The van der Waals surface area contributed by atoms with Crippen LogP contribution in [0.3, 0.4) is 0 Å². The van der Waals surface area contributed by atoms with E-state index in [1.165, 1.54) is 0 Å². The molecule has 6 nitrogen and oxygen atoms in total. The van der Waals surface area contributed by atoms with E-state index in [0.717, 1.165) is 17.0 Å². The van der Waals surface area contributed by atoms with Gasteiger partial charge in [0.25, 0.3) is 0 Å². The van der Waals surface area contributed by atoms with E-state index in [2.05, 4.69) is 10.4 Å². The summed E-state index contributed by atoms with van der Waals surface area (Å²) >= 11 is 0. The van der Waals surface area contributed by atoms with Gasteiger partial charge in [-0.15, -0.1) is 0 Å². The highest BCUT2D eigenvalue weighted by atomic mass is 32.2. The maximum atomic E-state index is 11.6. The Hall–Kier alpha value is -0.920. The third-order valence-electron chi connectivity index (χ3n) is 3.77. The summed E-state index contributed by atoms with van der Waals surface area (Å²) in [6.07, 6.45) is 0.260. The zero-order chi connectivity index (χ0) is 14.9. The number of nitrogens with zero attached hydrogens (tertiary/aromatic N) is 2. The predicted molar refractivity (Wildman–Crippen MR) is 77.4 cm³/mol. The lowest BCUT2D eigenvalue weighted by Gasteiger charge is -2.12. The molecule has 0 radical (unpaired) electrons. The molecule has 0 spiro atoms. The van der Waals surface area contributed by atoms with E-state index in [0.29, 0.717) is 19.5 Å². The molecule has 2 heterocycles. The molecule has 0 saturated carbocycles. The van der Waals surface area contributed by atoms with E-state index in [9.17, 15) is 13.5 Å². The summed E-state index contributed by atoms with van der Waals surface area (Å²) in [6.45, 7) is 6.82. The van der Waals surface area contributed by atoms with E-state index in [1.807, 2.05) is 18.5 Å². The number of hydrogen-bond acceptors (Lipinski definition) is 5. The summed E-state index contributed by atoms with van der Waals surface area (Å²) in [6, 6.07) is -0.0378. The summed E-state index contributed by atoms with van der Waals surface area (Å²) in [5, 5.41) is 16.9. The highest BCUT2D eigenvalue weighted by Crippen LogP contribution is 2.26. The van der Waals surface area contributed by atoms with Crippen molar-refractivity contribution < 1.29 is 13.5 Å². The van der Waals surface area contributed by atoms with Gasteiger partial charge in [0.2, 0.25) is 0 Å². The number of aromatic nitrogens is 2. The van der Waals surface area contributed by atoms with E-state index in [-0.39, 0.29) is 23.7 Å². The average molecular weight is 301 g/mol. The van der Waals surface area contributed by atoms with Gasteiger partial charge in [-0.2, -0.15) is 5.10 Å². The van der Waals surface area contributed by atoms with Crippen LogP contribution < -0.4 is 5.32 Å². The summed E-state index contributed by atoms with van der Waals surface area (Å²) in [5.74, 6) is 0.446. The minimum absolute atomic E-state index is 0.0378. The van der Waals surface area contributed by atoms with Gasteiger partial charge in [0, 0.05) is 24.3 Å². The third kappa shape index (κ3) is 3.39. The van der Waals surface area contributed by atoms with Crippen LogP contribution in [0, 0.1) is 13.8 Å². The standard InChI is InChI=1S/C13H23N3O3S/c1-9(17)6-14-7-13-10(2)15-16(11(13)3)12-4-5-20(18,19)8-12/h9,12,14,17H,4-8H2,1-3H3. The van der Waals surface area contributed by atoms with Crippen molar-refractivity contribution in [3.63, 3.8) is 0 Å². The van der Waals surface area contributed by atoms with Crippen LogP contribution in [0.4, 0.5) is 0 Å². The minimum atomic E-state index is -2.90. The van der Waals surface area contributed by atoms with Gasteiger partial charge in [-0.25, -0.2) is 8.42 Å². The molecule has 0 amide bonds. The molecule has 7 heteroatoms. The second kappa shape index (κ2) is 5.83. The molecule has 0 aliphatic carbocycles. The first-order valence-electron chi connectivity index (χ1n) is 6.94. The molecule has 1 fully saturated rings. The predicted octanol–water partition coefficient (Wildman–Crippen LogP) is 0.330. The maximum absolute atomic E-state index is 11.6. The molecule has 1 saturated heterocycles. The lowest BCUT2D eigenvalue weighted by Crippen LogP contribution is -2.24. The minimum Gasteiger partial charge on any atom is -0.392 e. The van der Waals surface area contributed by atoms with Crippen molar-refractivity contribution in [3.8, 4) is 0 Å². The number of nitrogens with one attached hydrogen (secondary N) is 1. The fourth-order valence-electron chi connectivity index (χ4n) is 2.68. The molecule has 2 unspecified atom stereocenters. The Morgan fingerprint density at radius 1 is 1.50 bits per heavy atom. The Labute approximate surface area is 120 Å². The fourth-order valence-corrected chi connectivity index (χ4v) is 4.37. The van der Waals surface area contributed by atoms with E-state index in [4.69, 9.17) is 0 Å². The second-order valence-corrected chi connectivity index (χ2v) is 7.86. The van der Waals surface area contributed by atoms with Crippen LogP contribution in [0.1, 0.15) is 36.3 Å². The van der Waals surface area contributed by atoms with Gasteiger partial charge < -0.3 is 10.4 Å². The normalized spacial score (nSPS) is 23.1. The van der Waals surface area contributed by atoms with E-state index in [1.54, 1.807) is 6.92 Å². The highest BCUT2D eigenvalue weighted by Gasteiger charge is 2.31. The van der Waals surface area contributed by atoms with Gasteiger partial charge in [0.15, 0.2) is 9.84 Å². The van der Waals surface area contributed by atoms with E-state index < -0.39 is 9.84 Å². The lowest BCUT2D eigenvalue weighted by atomic mass is 10.2. The first-order chi connectivity index (χ1) is 9.30. The van der Waals surface area contributed by atoms with Crippen molar-refractivity contribution in [2.24, 2.45) is 0 Å². The quantitative estimate of drug-likeness (QED) is 0.819. The number of sulfone groups is 1. The average Bonchev–Trinajstić information content (AvgIpc) is 2.82. The molecule has 1 aromatic heterocycles. The molecule has 1 aliphatic rings. The molecule has 20 heavy (non-hydrogen) atoms. The molecular formula is C13H23N3O3S. The number of aliphatic hydroxyl groups is 1. The molecule has 1 aromatic rings. The van der Waals surface area contributed by atoms with Crippen LogP contribution in [0.2, 0.25) is 0 Å². The third-order valence-corrected chi connectivity index (χ3v) is 5.52. The van der Waals surface area contributed by atoms with E-state index >= 15 is 0 Å². The monoisotopic (exact) mass is 301 g/mol. The SMILES string of the molecule is Cc1nn(C2CCS(=O)(=O)C2)c(C)c1CNCC(C)O. The summed E-state index contributed by atoms with van der Waals surface area (Å²) in [4.78, 5) is 0. The largest absolute Gasteiger partial charge is 0.392 e. The van der Waals surface area contributed by atoms with Gasteiger partial charge in [-0.05, 0) is 27.2 Å². The van der Waals surface area contributed by atoms with Gasteiger partial charge in [0.05, 0.1) is 29.3 Å². The summed E-state index contributed by atoms with van der Waals surface area (Å²) < 4.78 is 25.0. The first kappa shape index (κ1) is 15.5. The van der Waals surface area contributed by atoms with Gasteiger partial charge in [-0.3, -0.25) is 4.68 Å². The summed E-state index contributed by atoms with van der Waals surface area (Å²) in [7, 11) is -2.90. The second-order valence-electron chi connectivity index (χ2n) is 5.63. The molecule has 2 rings (SSSR count). The number of aliphatic hydroxyl groups excluding tert-OH is 1. The zero-order valence-corrected chi connectivity index (χ0v) is 13.1. The van der Waals surface area contributed by atoms with Crippen molar-refractivity contribution in [3.05, 3.63) is 17.0 Å². The Balaban J connectivity index is 2.13. The smallest absolute Gasteiger partial charge is 0.152 e. The van der Waals surface area contributed by atoms with Crippen molar-refractivity contribution >= 4 is 9.84 Å². The zero-order valence-electron chi connectivity index (χ0n) is 12.3. The van der Waals surface area contributed by atoms with Gasteiger partial charge in [-0.1, -0.05) is 0 Å². The Bertz CT molecular complexity index is 578. The Morgan fingerprint density at radius 2 is 2.20 bits per heavy atom. The number of aryl methyl sites for hydroxylation is 1. The van der Waals surface area contributed by atoms with Crippen LogP contribution >= 0.6 is 0 Å². The lowest BCUT2D eigenvalue weighted by molar-refractivity contribution is 0.191. The number of hydrogen-bond donors (Lipinski definition) is 2. The Morgan fingerprint density at radius 3 is 2.75 bits per heavy atom. The molecule has 0 aromatic carbocycles. The maximum Gasteiger partial charge on any atom is 0.152 e. The van der Waals surface area contributed by atoms with Crippen LogP contribution in [0.15, 0.2) is 0 Å². The molecular weight excluding hydrogens is 278 g/mol. The van der Waals surface area contributed by atoms with Crippen LogP contribution in [-0.4, -0.2) is 47.5 Å². The van der Waals surface area contributed by atoms with Crippen LogP contribution in [0.5, 0.6) is 0 Å². The summed E-state index contributed by atoms with van der Waals surface area (Å²) in [5.41, 5.74) is 3.03. The molecule has 0 bridgehead atoms. The highest BCUT2D eigenvalue weighted by molar-refractivity contribution is 7.91. The van der Waals surface area contributed by atoms with Gasteiger partial charge >= 0.3 is 0 Å².